The summed E-state index contributed by atoms with van der Waals surface area (Å²) in [6, 6.07) is 3.95. The summed E-state index contributed by atoms with van der Waals surface area (Å²) in [6.45, 7) is 2.02. The van der Waals surface area contributed by atoms with E-state index in [-0.39, 0.29) is 0 Å². The van der Waals surface area contributed by atoms with Gasteiger partial charge in [0.25, 0.3) is 0 Å². The van der Waals surface area contributed by atoms with Crippen molar-refractivity contribution in [3.05, 3.63) is 30.1 Å². The van der Waals surface area contributed by atoms with Gasteiger partial charge in [-0.25, -0.2) is 0 Å². The first-order valence-corrected chi connectivity index (χ1v) is 6.04. The van der Waals surface area contributed by atoms with Crippen LogP contribution < -0.4 is 0 Å². The minimum Gasteiger partial charge on any atom is -0.264 e. The van der Waals surface area contributed by atoms with Crippen LogP contribution in [0.25, 0.3) is 0 Å². The summed E-state index contributed by atoms with van der Waals surface area (Å²) in [4.78, 5) is 3.88. The molecule has 0 saturated carbocycles. The fourth-order valence-corrected chi connectivity index (χ4v) is 0.448. The van der Waals surface area contributed by atoms with E-state index in [1.807, 2.05) is 25.3 Å². The van der Waals surface area contributed by atoms with E-state index in [1.165, 1.54) is 5.56 Å². The summed E-state index contributed by atoms with van der Waals surface area (Å²) in [5, 5.41) is 0. The van der Waals surface area contributed by atoms with Crippen LogP contribution in [0.5, 0.6) is 0 Å². The zero-order valence-electron chi connectivity index (χ0n) is 6.24. The average Bonchev–Trinajstić information content (AvgIpc) is 1.85. The molecule has 68 valence electrons. The molecule has 1 rings (SSSR count). The Hall–Kier alpha value is -0.320. The van der Waals surface area contributed by atoms with Crippen LogP contribution >= 0.6 is 21.4 Å². The van der Waals surface area contributed by atoms with Crippen molar-refractivity contribution in [1.82, 2.24) is 4.98 Å². The Morgan fingerprint density at radius 1 is 1.42 bits per heavy atom. The normalized spacial score (nSPS) is 9.92. The van der Waals surface area contributed by atoms with Gasteiger partial charge in [-0.3, -0.25) is 4.98 Å². The molecule has 0 saturated heterocycles. The maximum absolute atomic E-state index is 9.16. The number of halogens is 2. The molecule has 0 N–H and O–H groups in total. The minimum atomic E-state index is -3.72. The second-order valence-corrected chi connectivity index (χ2v) is 5.58. The molecule has 0 aliphatic heterocycles. The first-order chi connectivity index (χ1) is 5.39. The number of pyridine rings is 1. The molecular formula is C6H7Cl2NO2S. The Labute approximate surface area is 80.3 Å². The molecule has 0 bridgehead atoms. The van der Waals surface area contributed by atoms with Crippen molar-refractivity contribution in [1.29, 1.82) is 0 Å². The lowest BCUT2D eigenvalue weighted by molar-refractivity contribution is 0.621. The molecular weight excluding hydrogens is 221 g/mol. The average molecular weight is 228 g/mol. The number of aryl methyl sites for hydroxylation is 1. The minimum absolute atomic E-state index is 1.21. The highest BCUT2D eigenvalue weighted by Gasteiger charge is 1.88. The Kier molecular flexibility index (Phi) is 5.20. The van der Waals surface area contributed by atoms with E-state index < -0.39 is 8.26 Å². The van der Waals surface area contributed by atoms with Crippen LogP contribution in [0.2, 0.25) is 0 Å². The summed E-state index contributed by atoms with van der Waals surface area (Å²) < 4.78 is 18.3. The maximum atomic E-state index is 9.16. The van der Waals surface area contributed by atoms with E-state index in [1.54, 1.807) is 6.20 Å². The van der Waals surface area contributed by atoms with Gasteiger partial charge < -0.3 is 0 Å². The Morgan fingerprint density at radius 2 is 1.92 bits per heavy atom. The van der Waals surface area contributed by atoms with E-state index in [0.717, 1.165) is 0 Å². The summed E-state index contributed by atoms with van der Waals surface area (Å²) >= 11 is 0. The lowest BCUT2D eigenvalue weighted by Gasteiger charge is -1.82. The Bertz CT molecular complexity index is 304. The summed E-state index contributed by atoms with van der Waals surface area (Å²) in [6.07, 6.45) is 3.60. The highest BCUT2D eigenvalue weighted by molar-refractivity contribution is 8.31. The van der Waals surface area contributed by atoms with E-state index in [2.05, 4.69) is 26.3 Å². The summed E-state index contributed by atoms with van der Waals surface area (Å²) in [5.41, 5.74) is 1.21. The van der Waals surface area contributed by atoms with Gasteiger partial charge in [-0.1, -0.05) is 6.07 Å². The largest absolute Gasteiger partial charge is 0.317 e. The van der Waals surface area contributed by atoms with Crippen LogP contribution in [0.1, 0.15) is 5.56 Å². The molecule has 0 spiro atoms. The van der Waals surface area contributed by atoms with Crippen LogP contribution in [-0.2, 0) is 8.26 Å². The van der Waals surface area contributed by atoms with Gasteiger partial charge in [-0.05, 0) is 18.6 Å². The Morgan fingerprint density at radius 3 is 2.08 bits per heavy atom. The van der Waals surface area contributed by atoms with Crippen molar-refractivity contribution < 1.29 is 8.42 Å². The smallest absolute Gasteiger partial charge is 0.264 e. The third-order valence-corrected chi connectivity index (χ3v) is 0.809. The molecule has 1 aromatic heterocycles. The highest BCUT2D eigenvalue weighted by atomic mass is 36.0. The molecule has 0 atom stereocenters. The first-order valence-electron chi connectivity index (χ1n) is 2.90. The molecule has 3 nitrogen and oxygen atoms in total. The van der Waals surface area contributed by atoms with Crippen LogP contribution in [0.4, 0.5) is 0 Å². The molecule has 0 aliphatic carbocycles. The predicted octanol–water partition coefficient (Wildman–Crippen LogP) is 2.10. The molecule has 0 aromatic carbocycles. The van der Waals surface area contributed by atoms with Gasteiger partial charge in [-0.2, -0.15) is 8.42 Å². The molecule has 1 aromatic rings. The van der Waals surface area contributed by atoms with Crippen LogP contribution in [0.3, 0.4) is 0 Å². The molecule has 12 heavy (non-hydrogen) atoms. The van der Waals surface area contributed by atoms with Crippen molar-refractivity contribution in [3.8, 4) is 0 Å². The lowest BCUT2D eigenvalue weighted by Crippen LogP contribution is -1.69. The SMILES string of the molecule is Cc1cccnc1.O=S(=O)(Cl)Cl. The molecule has 0 amide bonds. The predicted molar refractivity (Wildman–Crippen MR) is 49.6 cm³/mol. The molecule has 0 unspecified atom stereocenters. The topological polar surface area (TPSA) is 47.0 Å². The van der Waals surface area contributed by atoms with Crippen molar-refractivity contribution in [2.24, 2.45) is 0 Å². The zero-order chi connectivity index (χ0) is 9.61. The van der Waals surface area contributed by atoms with Gasteiger partial charge in [0.05, 0.1) is 0 Å². The van der Waals surface area contributed by atoms with Crippen molar-refractivity contribution >= 4 is 29.6 Å². The monoisotopic (exact) mass is 227 g/mol. The third kappa shape index (κ3) is 12.4. The van der Waals surface area contributed by atoms with Gasteiger partial charge in [0, 0.05) is 33.8 Å². The number of hydrogen-bond acceptors (Lipinski definition) is 3. The van der Waals surface area contributed by atoms with Gasteiger partial charge >= 0.3 is 8.26 Å². The second-order valence-electron chi connectivity index (χ2n) is 1.91. The number of hydrogen-bond donors (Lipinski definition) is 0. The van der Waals surface area contributed by atoms with Crippen molar-refractivity contribution in [2.45, 2.75) is 6.92 Å². The van der Waals surface area contributed by atoms with E-state index in [4.69, 9.17) is 8.42 Å². The lowest BCUT2D eigenvalue weighted by atomic mass is 10.3. The van der Waals surface area contributed by atoms with Crippen LogP contribution in [0.15, 0.2) is 24.5 Å². The first kappa shape index (κ1) is 11.7. The van der Waals surface area contributed by atoms with E-state index in [9.17, 15) is 0 Å². The quantitative estimate of drug-likeness (QED) is 0.639. The molecule has 0 fully saturated rings. The van der Waals surface area contributed by atoms with Crippen LogP contribution in [0, 0.1) is 6.92 Å². The van der Waals surface area contributed by atoms with Gasteiger partial charge in [0.1, 0.15) is 0 Å². The second kappa shape index (κ2) is 5.35. The Balaban J connectivity index is 0.000000217. The molecule has 1 heterocycles. The zero-order valence-corrected chi connectivity index (χ0v) is 8.57. The van der Waals surface area contributed by atoms with E-state index >= 15 is 0 Å². The fraction of sp³-hybridized carbons (Fsp3) is 0.167. The highest BCUT2D eigenvalue weighted by Crippen LogP contribution is 1.98. The summed E-state index contributed by atoms with van der Waals surface area (Å²) in [7, 11) is 4.81. The van der Waals surface area contributed by atoms with Crippen LogP contribution in [-0.4, -0.2) is 13.4 Å². The third-order valence-electron chi connectivity index (χ3n) is 0.809. The number of aromatic nitrogens is 1. The van der Waals surface area contributed by atoms with Crippen molar-refractivity contribution in [3.63, 3.8) is 0 Å². The van der Waals surface area contributed by atoms with Crippen molar-refractivity contribution in [2.75, 3.05) is 0 Å². The summed E-state index contributed by atoms with van der Waals surface area (Å²) in [5.74, 6) is 0. The molecule has 6 heteroatoms. The molecule has 0 radical (unpaired) electrons. The van der Waals surface area contributed by atoms with Gasteiger partial charge in [-0.15, -0.1) is 0 Å². The standard InChI is InChI=1S/C6H7N.Cl2O2S/c1-6-3-2-4-7-5-6;1-5(2,3)4/h2-5H,1H3;. The van der Waals surface area contributed by atoms with E-state index in [0.29, 0.717) is 0 Å². The van der Waals surface area contributed by atoms with Gasteiger partial charge in [0.2, 0.25) is 0 Å². The van der Waals surface area contributed by atoms with Gasteiger partial charge in [0.15, 0.2) is 0 Å². The number of nitrogens with zero attached hydrogens (tertiary/aromatic N) is 1. The number of rotatable bonds is 0. The maximum Gasteiger partial charge on any atom is 0.317 e. The fourth-order valence-electron chi connectivity index (χ4n) is 0.448. The molecule has 0 aliphatic rings.